The summed E-state index contributed by atoms with van der Waals surface area (Å²) in [6.45, 7) is 5.98. The molecule has 232 valence electrons. The summed E-state index contributed by atoms with van der Waals surface area (Å²) in [5, 5.41) is 4.29. The van der Waals surface area contributed by atoms with Gasteiger partial charge < -0.3 is 0 Å². The van der Waals surface area contributed by atoms with E-state index in [1.807, 2.05) is 72.8 Å². The van der Waals surface area contributed by atoms with Crippen molar-refractivity contribution in [3.63, 3.8) is 0 Å². The van der Waals surface area contributed by atoms with Crippen LogP contribution < -0.4 is 10.6 Å². The third-order valence-corrected chi connectivity index (χ3v) is 7.89. The van der Waals surface area contributed by atoms with E-state index in [1.54, 1.807) is 0 Å². The number of amides is 4. The van der Waals surface area contributed by atoms with Gasteiger partial charge in [0, 0.05) is 45.9 Å². The van der Waals surface area contributed by atoms with Gasteiger partial charge in [-0.1, -0.05) is 27.7 Å². The molecule has 0 aromatic heterocycles. The third-order valence-electron chi connectivity index (χ3n) is 7.89. The quantitative estimate of drug-likeness (QED) is 0.130. The molecule has 4 aromatic rings. The van der Waals surface area contributed by atoms with Crippen LogP contribution in [0.2, 0.25) is 0 Å². The molecule has 6 nitrogen and oxygen atoms in total. The molecule has 11 heteroatoms. The molecule has 2 aliphatic rings. The minimum absolute atomic E-state index is 0. The molecule has 0 aliphatic carbocycles. The minimum Gasteiger partial charge on any atom is -0.296 e. The Morgan fingerprint density at radius 1 is 0.622 bits per heavy atom. The number of hydrogen-bond acceptors (Lipinski definition) is 4. The van der Waals surface area contributed by atoms with Crippen LogP contribution in [0.1, 0.15) is 38.8 Å². The van der Waals surface area contributed by atoms with Crippen LogP contribution in [-0.2, 0) is 51.7 Å². The van der Waals surface area contributed by atoms with Gasteiger partial charge in [-0.25, -0.2) is 41.8 Å². The van der Waals surface area contributed by atoms with Gasteiger partial charge in [0.25, 0.3) is 0 Å². The summed E-state index contributed by atoms with van der Waals surface area (Å²) in [5.74, 6) is -7.04. The summed E-state index contributed by atoms with van der Waals surface area (Å²) >= 11 is 0. The molecule has 4 aromatic carbocycles. The molecule has 4 amide bonds. The van der Waals surface area contributed by atoms with Gasteiger partial charge in [0.15, 0.2) is 0 Å². The Bertz CT molecular complexity index is 1460. The minimum atomic E-state index is -1.31. The Kier molecular flexibility index (Phi) is 12.9. The average molecular weight is 654 g/mol. The first-order valence-corrected chi connectivity index (χ1v) is 13.5. The van der Waals surface area contributed by atoms with E-state index in [-0.39, 0.29) is 32.8 Å². The summed E-state index contributed by atoms with van der Waals surface area (Å²) in [6.07, 6.45) is 0. The molecule has 4 atom stereocenters. The molecule has 2 saturated heterocycles. The van der Waals surface area contributed by atoms with Crippen molar-refractivity contribution < 1.29 is 58.5 Å². The van der Waals surface area contributed by atoms with Crippen molar-refractivity contribution in [2.45, 2.75) is 38.5 Å². The number of rotatable bonds is 2. The largest absolute Gasteiger partial charge is 4.00 e. The van der Waals surface area contributed by atoms with Crippen LogP contribution in [0, 0.1) is 47.2 Å². The van der Waals surface area contributed by atoms with Crippen LogP contribution in [-0.4, -0.2) is 23.6 Å². The fraction of sp³-hybridized carbons (Fsp3) is 0.235. The Labute approximate surface area is 273 Å². The summed E-state index contributed by atoms with van der Waals surface area (Å²) in [7, 11) is 0. The molecule has 2 heterocycles. The zero-order chi connectivity index (χ0) is 32.7. The zero-order valence-corrected chi connectivity index (χ0v) is 26.4. The number of benzene rings is 2. The normalized spacial score (nSPS) is 23.2. The molecule has 45 heavy (non-hydrogen) atoms. The van der Waals surface area contributed by atoms with Gasteiger partial charge in [-0.15, -0.1) is 35.4 Å². The van der Waals surface area contributed by atoms with E-state index in [1.165, 1.54) is 39.8 Å². The average Bonchev–Trinajstić information content (AvgIpc) is 3.79. The molecule has 0 bridgehead atoms. The van der Waals surface area contributed by atoms with Gasteiger partial charge in [-0.2, -0.15) is 48.5 Å². The van der Waals surface area contributed by atoms with Crippen molar-refractivity contribution in [3.05, 3.63) is 131 Å². The summed E-state index contributed by atoms with van der Waals surface area (Å²) in [6, 6.07) is 28.1. The number of carbonyl (C=O) groups is 4. The van der Waals surface area contributed by atoms with E-state index in [0.29, 0.717) is 0 Å². The number of imide groups is 2. The van der Waals surface area contributed by atoms with E-state index in [4.69, 9.17) is 0 Å². The van der Waals surface area contributed by atoms with Gasteiger partial charge >= 0.3 is 21.7 Å². The van der Waals surface area contributed by atoms with Gasteiger partial charge in [0.2, 0.25) is 23.6 Å². The third kappa shape index (κ3) is 8.12. The van der Waals surface area contributed by atoms with E-state index in [2.05, 4.69) is 10.6 Å². The maximum Gasteiger partial charge on any atom is 4.00 e. The summed E-state index contributed by atoms with van der Waals surface area (Å²) in [5.41, 5.74) is -2.67. The number of carbonyl (C=O) groups excluding carboxylic acids is 4. The van der Waals surface area contributed by atoms with Crippen molar-refractivity contribution >= 4 is 23.6 Å². The Morgan fingerprint density at radius 3 is 1.13 bits per heavy atom. The Hall–Kier alpha value is -4.15. The topological polar surface area (TPSA) is 92.3 Å². The predicted molar refractivity (Wildman–Crippen MR) is 154 cm³/mol. The van der Waals surface area contributed by atoms with Crippen molar-refractivity contribution in [1.82, 2.24) is 10.6 Å². The first-order valence-electron chi connectivity index (χ1n) is 13.5. The summed E-state index contributed by atoms with van der Waals surface area (Å²) in [4.78, 5) is 46.3. The number of nitrogens with one attached hydrogen (secondary N) is 2. The standard InChI is InChI=1S/2C12H10F2NO2.2C5H5.Ti/c2*1-6-10(16)15-11(17)12(6,2)8-4-3-7(13)5-9(8)14;2*1-2-4-5-3-1;/h2*3-4,6H,1-2H3,(H,15,16,17);2*1-5H;/q4*-1;+4. The summed E-state index contributed by atoms with van der Waals surface area (Å²) < 4.78 is 52.8. The fourth-order valence-electron chi connectivity index (χ4n) is 4.66. The van der Waals surface area contributed by atoms with Crippen molar-refractivity contribution in [1.29, 1.82) is 0 Å². The van der Waals surface area contributed by atoms with Crippen LogP contribution in [0.3, 0.4) is 0 Å². The van der Waals surface area contributed by atoms with E-state index in [9.17, 15) is 36.7 Å². The van der Waals surface area contributed by atoms with Gasteiger partial charge in [-0.05, 0) is 0 Å². The van der Waals surface area contributed by atoms with Crippen LogP contribution in [0.15, 0.2) is 84.9 Å². The molecule has 0 radical (unpaired) electrons. The van der Waals surface area contributed by atoms with E-state index >= 15 is 0 Å². The van der Waals surface area contributed by atoms with Gasteiger partial charge in [0.1, 0.15) is 0 Å². The molecule has 2 aliphatic heterocycles. The smallest absolute Gasteiger partial charge is 0.296 e. The monoisotopic (exact) mass is 654 g/mol. The fourth-order valence-corrected chi connectivity index (χ4v) is 4.66. The zero-order valence-electron chi connectivity index (χ0n) is 24.9. The SMILES string of the molecule is CC1C(=O)NC(=O)C1(C)c1ccc(F)[c-]c1F.CC1C(=O)NC(=O)C1(C)c1ccc(F)[c-]c1F.[Ti+4].c1cc[cH-]c1.c1cc[cH-]c1. The van der Waals surface area contributed by atoms with Crippen molar-refractivity contribution in [2.75, 3.05) is 0 Å². The van der Waals surface area contributed by atoms with Crippen LogP contribution in [0.5, 0.6) is 0 Å². The number of hydrogen-bond donors (Lipinski definition) is 2. The van der Waals surface area contributed by atoms with Crippen LogP contribution in [0.4, 0.5) is 17.6 Å². The van der Waals surface area contributed by atoms with Gasteiger partial charge in [-0.3, -0.25) is 29.8 Å². The molecular formula is C34H30F4N2O4Ti. The molecule has 2 fully saturated rings. The molecule has 4 unspecified atom stereocenters. The number of halogens is 4. The van der Waals surface area contributed by atoms with Gasteiger partial charge in [0.05, 0.1) is 0 Å². The molecular weight excluding hydrogens is 624 g/mol. The second-order valence-electron chi connectivity index (χ2n) is 10.5. The Morgan fingerprint density at radius 2 is 0.933 bits per heavy atom. The molecule has 2 N–H and O–H groups in total. The van der Waals surface area contributed by atoms with E-state index in [0.717, 1.165) is 12.1 Å². The van der Waals surface area contributed by atoms with Crippen molar-refractivity contribution in [2.24, 2.45) is 11.8 Å². The molecule has 6 rings (SSSR count). The predicted octanol–water partition coefficient (Wildman–Crippen LogP) is 5.44. The second-order valence-corrected chi connectivity index (χ2v) is 10.5. The molecule has 0 spiro atoms. The molecule has 0 saturated carbocycles. The van der Waals surface area contributed by atoms with Crippen LogP contribution in [0.25, 0.3) is 0 Å². The maximum atomic E-state index is 13.6. The van der Waals surface area contributed by atoms with E-state index < -0.39 is 69.6 Å². The Balaban J connectivity index is 0.000000235. The first-order chi connectivity index (χ1) is 20.7. The van der Waals surface area contributed by atoms with Crippen molar-refractivity contribution in [3.8, 4) is 0 Å². The van der Waals surface area contributed by atoms with Crippen LogP contribution >= 0.6 is 0 Å². The second kappa shape index (κ2) is 15.7. The maximum absolute atomic E-state index is 13.6. The first kappa shape index (κ1) is 37.0.